The summed E-state index contributed by atoms with van der Waals surface area (Å²) in [6.07, 6.45) is 0. The van der Waals surface area contributed by atoms with Gasteiger partial charge in [-0.15, -0.1) is 0 Å². The number of aromatic nitrogens is 5. The Morgan fingerprint density at radius 2 is 0.682 bits per heavy atom. The molecule has 0 fully saturated rings. The number of para-hydroxylation sites is 6. The van der Waals surface area contributed by atoms with Crippen LogP contribution in [0.5, 0.6) is 0 Å². The molecule has 14 aromatic rings. The van der Waals surface area contributed by atoms with Crippen molar-refractivity contribution in [1.82, 2.24) is 24.1 Å². The van der Waals surface area contributed by atoms with Gasteiger partial charge in [0.25, 0.3) is 0 Å². The Morgan fingerprint density at radius 1 is 0.348 bits per heavy atom. The van der Waals surface area contributed by atoms with E-state index in [0.29, 0.717) is 66.6 Å². The third-order valence-corrected chi connectivity index (χ3v) is 12.9. The first-order valence-electron chi connectivity index (χ1n) is 21.7. The first-order valence-corrected chi connectivity index (χ1v) is 21.7. The van der Waals surface area contributed by atoms with Crippen molar-refractivity contribution in [3.63, 3.8) is 0 Å². The van der Waals surface area contributed by atoms with E-state index in [2.05, 4.69) is 33.4 Å². The van der Waals surface area contributed by atoms with Crippen molar-refractivity contribution in [3.05, 3.63) is 200 Å². The molecular formula is C57H31F2N5O2. The number of hydrogen-bond donors (Lipinski definition) is 0. The van der Waals surface area contributed by atoms with Gasteiger partial charge in [0.1, 0.15) is 22.8 Å². The second-order valence-electron chi connectivity index (χ2n) is 16.5. The number of halogens is 2. The molecule has 14 rings (SSSR count). The lowest BCUT2D eigenvalue weighted by molar-refractivity contribution is 0.632. The summed E-state index contributed by atoms with van der Waals surface area (Å²) in [6.45, 7) is 0. The molecule has 0 atom stereocenters. The quantitative estimate of drug-likeness (QED) is 0.172. The van der Waals surface area contributed by atoms with Gasteiger partial charge in [-0.1, -0.05) is 140 Å². The van der Waals surface area contributed by atoms with Gasteiger partial charge < -0.3 is 18.0 Å². The average Bonchev–Trinajstić information content (AvgIpc) is 4.12. The van der Waals surface area contributed by atoms with E-state index in [9.17, 15) is 0 Å². The van der Waals surface area contributed by atoms with Crippen molar-refractivity contribution < 1.29 is 17.6 Å². The smallest absolute Gasteiger partial charge is 0.170 e. The number of benzene rings is 9. The maximum atomic E-state index is 17.2. The molecule has 0 unspecified atom stereocenters. The van der Waals surface area contributed by atoms with Gasteiger partial charge in [-0.25, -0.2) is 23.7 Å². The van der Waals surface area contributed by atoms with Crippen LogP contribution in [0.3, 0.4) is 0 Å². The summed E-state index contributed by atoms with van der Waals surface area (Å²) in [4.78, 5) is 16.0. The molecule has 0 radical (unpaired) electrons. The zero-order valence-corrected chi connectivity index (χ0v) is 34.7. The molecule has 5 heterocycles. The molecule has 66 heavy (non-hydrogen) atoms. The Balaban J connectivity index is 1.17. The second kappa shape index (κ2) is 13.8. The summed E-state index contributed by atoms with van der Waals surface area (Å²) >= 11 is 0. The van der Waals surface area contributed by atoms with Gasteiger partial charge in [0.15, 0.2) is 28.6 Å². The topological polar surface area (TPSA) is 74.8 Å². The van der Waals surface area contributed by atoms with Gasteiger partial charge in [0.05, 0.1) is 55.3 Å². The first-order chi connectivity index (χ1) is 32.6. The summed E-state index contributed by atoms with van der Waals surface area (Å²) in [5.74, 6) is -0.115. The lowest BCUT2D eigenvalue weighted by atomic mass is 10.0. The fourth-order valence-electron chi connectivity index (χ4n) is 10.1. The number of nitrogens with zero attached hydrogens (tertiary/aromatic N) is 5. The van der Waals surface area contributed by atoms with Crippen LogP contribution in [0.1, 0.15) is 0 Å². The number of hydrogen-bond acceptors (Lipinski definition) is 5. The SMILES string of the molecule is Fc1cc(-n2c3ccccc3c3ccccc32)c(-c2nc(-c3ccccc3)nc(-c3c(-n4c5ccccc5c5ccccc54)cc(F)c4c3oc3ccccc34)n2)c2oc3ccccc3c12. The van der Waals surface area contributed by atoms with Gasteiger partial charge in [-0.2, -0.15) is 0 Å². The maximum Gasteiger partial charge on any atom is 0.170 e. The molecule has 9 aromatic carbocycles. The Labute approximate surface area is 373 Å². The molecule has 0 aliphatic rings. The Bertz CT molecular complexity index is 3970. The molecule has 7 nitrogen and oxygen atoms in total. The molecule has 0 saturated heterocycles. The van der Waals surface area contributed by atoms with E-state index in [0.717, 1.165) is 43.6 Å². The fourth-order valence-corrected chi connectivity index (χ4v) is 10.1. The van der Waals surface area contributed by atoms with E-state index in [1.165, 1.54) is 0 Å². The monoisotopic (exact) mass is 855 g/mol. The number of furan rings is 2. The van der Waals surface area contributed by atoms with Crippen LogP contribution in [0.4, 0.5) is 8.78 Å². The Kier molecular flexibility index (Phi) is 7.62. The predicted molar refractivity (Wildman–Crippen MR) is 259 cm³/mol. The van der Waals surface area contributed by atoms with Crippen molar-refractivity contribution in [2.24, 2.45) is 0 Å². The van der Waals surface area contributed by atoms with Crippen LogP contribution in [0.15, 0.2) is 197 Å². The van der Waals surface area contributed by atoms with E-state index in [1.807, 2.05) is 152 Å². The maximum absolute atomic E-state index is 17.2. The van der Waals surface area contributed by atoms with Crippen molar-refractivity contribution in [2.75, 3.05) is 0 Å². The predicted octanol–water partition coefficient (Wildman–Crippen LogP) is 15.1. The van der Waals surface area contributed by atoms with E-state index in [1.54, 1.807) is 12.1 Å². The van der Waals surface area contributed by atoms with Gasteiger partial charge in [0.2, 0.25) is 0 Å². The summed E-state index contributed by atoms with van der Waals surface area (Å²) in [5.41, 5.74) is 7.62. The highest BCUT2D eigenvalue weighted by molar-refractivity contribution is 6.16. The lowest BCUT2D eigenvalue weighted by Crippen LogP contribution is -2.07. The molecule has 0 amide bonds. The third-order valence-electron chi connectivity index (χ3n) is 12.9. The van der Waals surface area contributed by atoms with Crippen molar-refractivity contribution >= 4 is 87.5 Å². The minimum Gasteiger partial charge on any atom is -0.455 e. The molecular weight excluding hydrogens is 825 g/mol. The van der Waals surface area contributed by atoms with Gasteiger partial charge in [-0.05, 0) is 48.5 Å². The molecule has 9 heteroatoms. The first kappa shape index (κ1) is 36.5. The van der Waals surface area contributed by atoms with Crippen LogP contribution >= 0.6 is 0 Å². The summed E-state index contributed by atoms with van der Waals surface area (Å²) in [5, 5.41) is 5.85. The van der Waals surface area contributed by atoms with Crippen molar-refractivity contribution in [2.45, 2.75) is 0 Å². The third kappa shape index (κ3) is 5.13. The Morgan fingerprint density at radius 3 is 1.09 bits per heavy atom. The molecule has 0 aliphatic heterocycles. The summed E-state index contributed by atoms with van der Waals surface area (Å²) < 4.78 is 52.0. The number of rotatable bonds is 5. The van der Waals surface area contributed by atoms with Crippen LogP contribution in [0.2, 0.25) is 0 Å². The molecule has 0 aliphatic carbocycles. The molecule has 5 aromatic heterocycles. The second-order valence-corrected chi connectivity index (χ2v) is 16.5. The normalized spacial score (nSPS) is 12.1. The number of fused-ring (bicyclic) bond motifs is 12. The van der Waals surface area contributed by atoms with E-state index in [4.69, 9.17) is 23.8 Å². The highest BCUT2D eigenvalue weighted by Gasteiger charge is 2.30. The highest BCUT2D eigenvalue weighted by Crippen LogP contribution is 2.47. The molecule has 0 spiro atoms. The van der Waals surface area contributed by atoms with Gasteiger partial charge in [0, 0.05) is 37.9 Å². The Hall–Kier alpha value is -8.95. The highest BCUT2D eigenvalue weighted by atomic mass is 19.1. The molecule has 0 N–H and O–H groups in total. The molecule has 310 valence electrons. The van der Waals surface area contributed by atoms with Crippen LogP contribution in [-0.2, 0) is 0 Å². The zero-order valence-electron chi connectivity index (χ0n) is 34.7. The zero-order chi connectivity index (χ0) is 43.6. The fraction of sp³-hybridized carbons (Fsp3) is 0. The standard InChI is InChI=1S/C57H31F2N5O2/c58-39-30-45(63-41-24-10-4-18-33(41)34-19-5-11-25-42(34)63)51(53-49(39)37-22-8-14-28-47(37)65-53)56-60-55(32-16-2-1-3-17-32)61-57(62-56)52-46(31-40(59)50-38-23-9-15-29-48(38)66-54(50)52)64-43-26-12-6-20-35(43)36-21-7-13-27-44(36)64/h1-31H. The van der Waals surface area contributed by atoms with E-state index < -0.39 is 11.6 Å². The minimum atomic E-state index is -0.454. The van der Waals surface area contributed by atoms with Crippen molar-refractivity contribution in [3.8, 4) is 45.5 Å². The molecule has 0 bridgehead atoms. The van der Waals surface area contributed by atoms with Crippen LogP contribution < -0.4 is 0 Å². The summed E-state index contributed by atoms with van der Waals surface area (Å²) in [7, 11) is 0. The minimum absolute atomic E-state index is 0.224. The molecule has 0 saturated carbocycles. The van der Waals surface area contributed by atoms with Crippen LogP contribution in [0, 0.1) is 11.6 Å². The largest absolute Gasteiger partial charge is 0.455 e. The average molecular weight is 856 g/mol. The lowest BCUT2D eigenvalue weighted by Gasteiger charge is -2.17. The van der Waals surface area contributed by atoms with Crippen molar-refractivity contribution in [1.29, 1.82) is 0 Å². The van der Waals surface area contributed by atoms with E-state index >= 15 is 8.78 Å². The van der Waals surface area contributed by atoms with Crippen LogP contribution in [0.25, 0.3) is 133 Å². The summed E-state index contributed by atoms with van der Waals surface area (Å²) in [6, 6.07) is 60.0. The van der Waals surface area contributed by atoms with Crippen LogP contribution in [-0.4, -0.2) is 24.1 Å². The van der Waals surface area contributed by atoms with Gasteiger partial charge in [-0.3, -0.25) is 0 Å². The van der Waals surface area contributed by atoms with Gasteiger partial charge >= 0.3 is 0 Å². The van der Waals surface area contributed by atoms with E-state index in [-0.39, 0.29) is 22.8 Å².